The number of nitrogens with zero attached hydrogens (tertiary/aromatic N) is 1. The number of hydrogen-bond acceptors (Lipinski definition) is 3. The SMILES string of the molecule is CC(CO)c1cccc(C2=NCCO2)c1. The molecule has 1 aromatic carbocycles. The van der Waals surface area contributed by atoms with Gasteiger partial charge >= 0.3 is 0 Å². The highest BCUT2D eigenvalue weighted by Gasteiger charge is 2.12. The van der Waals surface area contributed by atoms with Crippen molar-refractivity contribution in [3.63, 3.8) is 0 Å². The van der Waals surface area contributed by atoms with Crippen LogP contribution in [0.25, 0.3) is 0 Å². The van der Waals surface area contributed by atoms with E-state index in [-0.39, 0.29) is 12.5 Å². The fourth-order valence-corrected chi connectivity index (χ4v) is 1.59. The molecular formula is C12H15NO2. The van der Waals surface area contributed by atoms with Gasteiger partial charge in [0.05, 0.1) is 6.54 Å². The van der Waals surface area contributed by atoms with Crippen molar-refractivity contribution in [3.8, 4) is 0 Å². The van der Waals surface area contributed by atoms with Gasteiger partial charge in [-0.05, 0) is 17.7 Å². The van der Waals surface area contributed by atoms with Crippen LogP contribution >= 0.6 is 0 Å². The molecule has 0 amide bonds. The van der Waals surface area contributed by atoms with E-state index in [1.54, 1.807) is 0 Å². The Kier molecular flexibility index (Phi) is 3.02. The third kappa shape index (κ3) is 2.18. The maximum absolute atomic E-state index is 9.08. The summed E-state index contributed by atoms with van der Waals surface area (Å²) in [7, 11) is 0. The first-order chi connectivity index (χ1) is 7.31. The van der Waals surface area contributed by atoms with E-state index in [0.29, 0.717) is 6.61 Å². The smallest absolute Gasteiger partial charge is 0.216 e. The molecule has 2 rings (SSSR count). The van der Waals surface area contributed by atoms with Gasteiger partial charge in [0.15, 0.2) is 0 Å². The second-order valence-corrected chi connectivity index (χ2v) is 3.74. The lowest BCUT2D eigenvalue weighted by atomic mass is 10.00. The van der Waals surface area contributed by atoms with Gasteiger partial charge in [0.25, 0.3) is 0 Å². The van der Waals surface area contributed by atoms with Crippen molar-refractivity contribution in [2.24, 2.45) is 4.99 Å². The van der Waals surface area contributed by atoms with Gasteiger partial charge in [-0.25, -0.2) is 4.99 Å². The quantitative estimate of drug-likeness (QED) is 0.813. The number of rotatable bonds is 3. The Labute approximate surface area is 89.4 Å². The van der Waals surface area contributed by atoms with Crippen LogP contribution in [0, 0.1) is 0 Å². The Morgan fingerprint density at radius 3 is 3.07 bits per heavy atom. The first-order valence-corrected chi connectivity index (χ1v) is 5.19. The summed E-state index contributed by atoms with van der Waals surface area (Å²) in [6.45, 7) is 3.58. The Bertz CT molecular complexity index is 374. The van der Waals surface area contributed by atoms with Crippen LogP contribution in [-0.4, -0.2) is 30.8 Å². The van der Waals surface area contributed by atoms with Gasteiger partial charge in [-0.2, -0.15) is 0 Å². The molecule has 1 heterocycles. The normalized spacial score (nSPS) is 17.1. The van der Waals surface area contributed by atoms with E-state index in [2.05, 4.69) is 4.99 Å². The molecule has 1 aromatic rings. The van der Waals surface area contributed by atoms with E-state index in [0.717, 1.165) is 23.6 Å². The Morgan fingerprint density at radius 1 is 1.53 bits per heavy atom. The second-order valence-electron chi connectivity index (χ2n) is 3.74. The topological polar surface area (TPSA) is 41.8 Å². The average molecular weight is 205 g/mol. The molecule has 0 saturated heterocycles. The predicted octanol–water partition coefficient (Wildman–Crippen LogP) is 1.56. The standard InChI is InChI=1S/C12H15NO2/c1-9(8-14)10-3-2-4-11(7-10)12-13-5-6-15-12/h2-4,7,9,14H,5-6,8H2,1H3. The van der Waals surface area contributed by atoms with Crippen LogP contribution in [0.2, 0.25) is 0 Å². The summed E-state index contributed by atoms with van der Waals surface area (Å²) in [5, 5.41) is 9.08. The maximum atomic E-state index is 9.08. The van der Waals surface area contributed by atoms with Crippen molar-refractivity contribution in [1.29, 1.82) is 0 Å². The summed E-state index contributed by atoms with van der Waals surface area (Å²) in [5.41, 5.74) is 2.12. The molecule has 0 radical (unpaired) electrons. The van der Waals surface area contributed by atoms with E-state index < -0.39 is 0 Å². The Morgan fingerprint density at radius 2 is 2.40 bits per heavy atom. The van der Waals surface area contributed by atoms with E-state index in [1.807, 2.05) is 31.2 Å². The van der Waals surface area contributed by atoms with Gasteiger partial charge in [0.2, 0.25) is 5.90 Å². The molecule has 1 aliphatic rings. The van der Waals surface area contributed by atoms with E-state index in [1.165, 1.54) is 0 Å². The Balaban J connectivity index is 2.26. The van der Waals surface area contributed by atoms with Crippen molar-refractivity contribution in [2.75, 3.05) is 19.8 Å². The number of aliphatic hydroxyl groups excluding tert-OH is 1. The largest absolute Gasteiger partial charge is 0.476 e. The van der Waals surface area contributed by atoms with Crippen molar-refractivity contribution < 1.29 is 9.84 Å². The molecule has 1 aliphatic heterocycles. The van der Waals surface area contributed by atoms with Gasteiger partial charge in [-0.1, -0.05) is 19.1 Å². The zero-order valence-corrected chi connectivity index (χ0v) is 8.81. The first kappa shape index (κ1) is 10.2. The minimum atomic E-state index is 0.159. The summed E-state index contributed by atoms with van der Waals surface area (Å²) < 4.78 is 5.39. The van der Waals surface area contributed by atoms with Crippen molar-refractivity contribution in [1.82, 2.24) is 0 Å². The monoisotopic (exact) mass is 205 g/mol. The van der Waals surface area contributed by atoms with Crippen LogP contribution < -0.4 is 0 Å². The number of hydrogen-bond donors (Lipinski definition) is 1. The van der Waals surface area contributed by atoms with Crippen molar-refractivity contribution in [2.45, 2.75) is 12.8 Å². The Hall–Kier alpha value is -1.35. The number of aliphatic hydroxyl groups is 1. The fraction of sp³-hybridized carbons (Fsp3) is 0.417. The summed E-state index contributed by atoms with van der Waals surface area (Å²) >= 11 is 0. The summed E-state index contributed by atoms with van der Waals surface area (Å²) in [4.78, 5) is 4.26. The third-order valence-electron chi connectivity index (χ3n) is 2.56. The molecule has 1 unspecified atom stereocenters. The molecule has 0 aromatic heterocycles. The highest BCUT2D eigenvalue weighted by molar-refractivity contribution is 5.95. The number of aliphatic imine (C=N–C) groups is 1. The molecule has 3 nitrogen and oxygen atoms in total. The molecule has 0 fully saturated rings. The summed E-state index contributed by atoms with van der Waals surface area (Å²) in [5.74, 6) is 0.883. The summed E-state index contributed by atoms with van der Waals surface area (Å²) in [6, 6.07) is 8.00. The van der Waals surface area contributed by atoms with Gasteiger partial charge in [0, 0.05) is 18.1 Å². The van der Waals surface area contributed by atoms with Crippen molar-refractivity contribution >= 4 is 5.90 Å². The maximum Gasteiger partial charge on any atom is 0.216 e. The van der Waals surface area contributed by atoms with Crippen LogP contribution in [-0.2, 0) is 4.74 Å². The van der Waals surface area contributed by atoms with Crippen LogP contribution in [0.5, 0.6) is 0 Å². The zero-order valence-electron chi connectivity index (χ0n) is 8.81. The molecule has 1 atom stereocenters. The molecule has 15 heavy (non-hydrogen) atoms. The number of ether oxygens (including phenoxy) is 1. The van der Waals surface area contributed by atoms with Crippen LogP contribution in [0.1, 0.15) is 24.0 Å². The van der Waals surface area contributed by atoms with Gasteiger partial charge < -0.3 is 9.84 Å². The molecular weight excluding hydrogens is 190 g/mol. The second kappa shape index (κ2) is 4.45. The number of benzene rings is 1. The molecule has 0 aliphatic carbocycles. The lowest BCUT2D eigenvalue weighted by molar-refractivity contribution is 0.273. The predicted molar refractivity (Wildman–Crippen MR) is 59.3 cm³/mol. The molecule has 0 bridgehead atoms. The fourth-order valence-electron chi connectivity index (χ4n) is 1.59. The summed E-state index contributed by atoms with van der Waals surface area (Å²) in [6.07, 6.45) is 0. The van der Waals surface area contributed by atoms with Crippen LogP contribution in [0.15, 0.2) is 29.3 Å². The lowest BCUT2D eigenvalue weighted by Crippen LogP contribution is -2.04. The molecule has 0 spiro atoms. The van der Waals surface area contributed by atoms with Gasteiger partial charge in [0.1, 0.15) is 6.61 Å². The zero-order chi connectivity index (χ0) is 10.7. The van der Waals surface area contributed by atoms with Gasteiger partial charge in [-0.3, -0.25) is 0 Å². The van der Waals surface area contributed by atoms with E-state index in [9.17, 15) is 0 Å². The van der Waals surface area contributed by atoms with Crippen LogP contribution in [0.3, 0.4) is 0 Å². The highest BCUT2D eigenvalue weighted by Crippen LogP contribution is 2.17. The minimum Gasteiger partial charge on any atom is -0.476 e. The van der Waals surface area contributed by atoms with Crippen LogP contribution in [0.4, 0.5) is 0 Å². The molecule has 0 saturated carbocycles. The van der Waals surface area contributed by atoms with Gasteiger partial charge in [-0.15, -0.1) is 0 Å². The molecule has 1 N–H and O–H groups in total. The molecule has 80 valence electrons. The van der Waals surface area contributed by atoms with E-state index in [4.69, 9.17) is 9.84 Å². The van der Waals surface area contributed by atoms with E-state index >= 15 is 0 Å². The average Bonchev–Trinajstić information content (AvgIpc) is 2.82. The minimum absolute atomic E-state index is 0.159. The molecule has 3 heteroatoms. The third-order valence-corrected chi connectivity index (χ3v) is 2.56. The first-order valence-electron chi connectivity index (χ1n) is 5.19. The van der Waals surface area contributed by atoms with Crippen molar-refractivity contribution in [3.05, 3.63) is 35.4 Å². The highest BCUT2D eigenvalue weighted by atomic mass is 16.5. The lowest BCUT2D eigenvalue weighted by Gasteiger charge is -2.09.